The van der Waals surface area contributed by atoms with Gasteiger partial charge in [-0.15, -0.1) is 0 Å². The maximum absolute atomic E-state index is 11.7. The zero-order valence-corrected chi connectivity index (χ0v) is 13.2. The van der Waals surface area contributed by atoms with E-state index in [1.807, 2.05) is 31.2 Å². The molecule has 0 spiro atoms. The third-order valence-electron chi connectivity index (χ3n) is 4.07. The van der Waals surface area contributed by atoms with Crippen LogP contribution in [-0.4, -0.2) is 36.4 Å². The number of urea groups is 1. The first-order chi connectivity index (χ1) is 10.6. The van der Waals surface area contributed by atoms with Crippen LogP contribution in [0.4, 0.5) is 4.79 Å². The molecule has 3 N–H and O–H groups in total. The molecule has 1 saturated carbocycles. The highest BCUT2D eigenvalue weighted by atomic mass is 16.5. The highest BCUT2D eigenvalue weighted by Crippen LogP contribution is 2.28. The molecule has 0 heterocycles. The molecule has 1 aromatic rings. The summed E-state index contributed by atoms with van der Waals surface area (Å²) in [6, 6.07) is 7.65. The summed E-state index contributed by atoms with van der Waals surface area (Å²) in [5.74, 6) is 0.885. The predicted molar refractivity (Wildman–Crippen MR) is 86.1 cm³/mol. The van der Waals surface area contributed by atoms with Crippen LogP contribution in [0.2, 0.25) is 0 Å². The lowest BCUT2D eigenvalue weighted by Crippen LogP contribution is -2.45. The van der Waals surface area contributed by atoms with E-state index in [-0.39, 0.29) is 6.03 Å². The molecular formula is C17H26N2O3. The molecule has 2 rings (SSSR count). The maximum atomic E-state index is 11.7. The van der Waals surface area contributed by atoms with Gasteiger partial charge in [-0.05, 0) is 37.8 Å². The van der Waals surface area contributed by atoms with Gasteiger partial charge in [-0.2, -0.15) is 0 Å². The Labute approximate surface area is 132 Å². The van der Waals surface area contributed by atoms with Crippen LogP contribution in [-0.2, 0) is 0 Å². The maximum Gasteiger partial charge on any atom is 0.314 e. The van der Waals surface area contributed by atoms with Crippen molar-refractivity contribution >= 4 is 6.03 Å². The Bertz CT molecular complexity index is 485. The van der Waals surface area contributed by atoms with Gasteiger partial charge in [0.1, 0.15) is 5.75 Å². The van der Waals surface area contributed by atoms with Gasteiger partial charge in [-0.1, -0.05) is 31.0 Å². The summed E-state index contributed by atoms with van der Waals surface area (Å²) in [7, 11) is 0. The normalized spacial score (nSPS) is 16.3. The number of carbonyl (C=O) groups is 1. The van der Waals surface area contributed by atoms with Crippen LogP contribution in [0.15, 0.2) is 24.3 Å². The van der Waals surface area contributed by atoms with Crippen molar-refractivity contribution in [3.8, 4) is 5.75 Å². The molecule has 1 aliphatic rings. The third-order valence-corrected chi connectivity index (χ3v) is 4.07. The average Bonchev–Trinajstić information content (AvgIpc) is 2.94. The smallest absolute Gasteiger partial charge is 0.314 e. The predicted octanol–water partition coefficient (Wildman–Crippen LogP) is 2.37. The molecule has 0 unspecified atom stereocenters. The van der Waals surface area contributed by atoms with Gasteiger partial charge in [0.05, 0.1) is 12.2 Å². The third kappa shape index (κ3) is 5.22. The van der Waals surface area contributed by atoms with Gasteiger partial charge in [-0.25, -0.2) is 4.79 Å². The van der Waals surface area contributed by atoms with Crippen molar-refractivity contribution in [3.63, 3.8) is 0 Å². The average molecular weight is 306 g/mol. The number of amides is 2. The molecule has 0 aliphatic heterocycles. The Hall–Kier alpha value is -1.75. The molecule has 22 heavy (non-hydrogen) atoms. The first-order valence-corrected chi connectivity index (χ1v) is 8.02. The number of rotatable bonds is 7. The minimum absolute atomic E-state index is 0.226. The number of benzene rings is 1. The Morgan fingerprint density at radius 3 is 2.73 bits per heavy atom. The number of carbonyl (C=O) groups excluding carboxylic acids is 1. The largest absolute Gasteiger partial charge is 0.493 e. The van der Waals surface area contributed by atoms with E-state index in [9.17, 15) is 9.90 Å². The van der Waals surface area contributed by atoms with Crippen molar-refractivity contribution in [2.45, 2.75) is 44.6 Å². The second kappa shape index (κ2) is 8.03. The Morgan fingerprint density at radius 2 is 2.00 bits per heavy atom. The number of aliphatic hydroxyl groups is 1. The monoisotopic (exact) mass is 306 g/mol. The first-order valence-electron chi connectivity index (χ1n) is 8.02. The lowest BCUT2D eigenvalue weighted by atomic mass is 10.0. The van der Waals surface area contributed by atoms with Crippen molar-refractivity contribution in [3.05, 3.63) is 29.8 Å². The topological polar surface area (TPSA) is 70.6 Å². The van der Waals surface area contributed by atoms with E-state index >= 15 is 0 Å². The van der Waals surface area contributed by atoms with Crippen LogP contribution >= 0.6 is 0 Å². The van der Waals surface area contributed by atoms with Crippen molar-refractivity contribution in [2.75, 3.05) is 19.7 Å². The molecule has 0 bridgehead atoms. The Kier molecular flexibility index (Phi) is 6.07. The van der Waals surface area contributed by atoms with E-state index in [2.05, 4.69) is 10.6 Å². The molecule has 122 valence electrons. The van der Waals surface area contributed by atoms with Crippen molar-refractivity contribution in [1.29, 1.82) is 0 Å². The second-order valence-electron chi connectivity index (χ2n) is 6.01. The second-order valence-corrected chi connectivity index (χ2v) is 6.01. The van der Waals surface area contributed by atoms with Gasteiger partial charge in [0.2, 0.25) is 0 Å². The molecule has 1 fully saturated rings. The molecule has 0 saturated heterocycles. The van der Waals surface area contributed by atoms with Crippen molar-refractivity contribution in [1.82, 2.24) is 10.6 Å². The number of ether oxygens (including phenoxy) is 1. The SMILES string of the molecule is Cc1ccccc1OCCCNC(=O)NCC1(O)CCCC1. The molecule has 5 nitrogen and oxygen atoms in total. The zero-order valence-electron chi connectivity index (χ0n) is 13.2. The molecule has 1 aliphatic carbocycles. The molecule has 0 atom stereocenters. The fourth-order valence-electron chi connectivity index (χ4n) is 2.69. The molecular weight excluding hydrogens is 280 g/mol. The molecule has 0 aromatic heterocycles. The summed E-state index contributed by atoms with van der Waals surface area (Å²) < 4.78 is 5.66. The van der Waals surface area contributed by atoms with Crippen LogP contribution in [0, 0.1) is 6.92 Å². The fraction of sp³-hybridized carbons (Fsp3) is 0.588. The summed E-state index contributed by atoms with van der Waals surface area (Å²) in [6.07, 6.45) is 4.37. The van der Waals surface area contributed by atoms with E-state index in [0.717, 1.165) is 43.4 Å². The van der Waals surface area contributed by atoms with Crippen molar-refractivity contribution < 1.29 is 14.6 Å². The van der Waals surface area contributed by atoms with Crippen LogP contribution in [0.5, 0.6) is 5.75 Å². The Morgan fingerprint density at radius 1 is 1.27 bits per heavy atom. The highest BCUT2D eigenvalue weighted by molar-refractivity contribution is 5.73. The van der Waals surface area contributed by atoms with Gasteiger partial charge >= 0.3 is 6.03 Å². The van der Waals surface area contributed by atoms with E-state index < -0.39 is 5.60 Å². The highest BCUT2D eigenvalue weighted by Gasteiger charge is 2.31. The van der Waals surface area contributed by atoms with E-state index in [1.54, 1.807) is 0 Å². The minimum atomic E-state index is -0.703. The zero-order chi connectivity index (χ0) is 15.8. The number of aryl methyl sites for hydroxylation is 1. The van der Waals surface area contributed by atoms with E-state index in [0.29, 0.717) is 19.7 Å². The van der Waals surface area contributed by atoms with Crippen molar-refractivity contribution in [2.24, 2.45) is 0 Å². The quantitative estimate of drug-likeness (QED) is 0.677. The van der Waals surface area contributed by atoms with E-state index in [1.165, 1.54) is 0 Å². The summed E-state index contributed by atoms with van der Waals surface area (Å²) in [4.78, 5) is 11.7. The van der Waals surface area contributed by atoms with E-state index in [4.69, 9.17) is 4.74 Å². The minimum Gasteiger partial charge on any atom is -0.493 e. The molecule has 5 heteroatoms. The molecule has 0 radical (unpaired) electrons. The van der Waals surface area contributed by atoms with Crippen LogP contribution in [0.1, 0.15) is 37.7 Å². The summed E-state index contributed by atoms with van der Waals surface area (Å²) in [5.41, 5.74) is 0.406. The summed E-state index contributed by atoms with van der Waals surface area (Å²) in [6.45, 7) is 3.46. The van der Waals surface area contributed by atoms with Gasteiger partial charge in [0.15, 0.2) is 0 Å². The number of nitrogens with one attached hydrogen (secondary N) is 2. The van der Waals surface area contributed by atoms with Gasteiger partial charge < -0.3 is 20.5 Å². The molecule has 2 amide bonds. The summed E-state index contributed by atoms with van der Waals surface area (Å²) >= 11 is 0. The van der Waals surface area contributed by atoms with Gasteiger partial charge in [0.25, 0.3) is 0 Å². The Balaban J connectivity index is 1.55. The number of para-hydroxylation sites is 1. The van der Waals surface area contributed by atoms with Crippen LogP contribution in [0.25, 0.3) is 0 Å². The van der Waals surface area contributed by atoms with Crippen LogP contribution in [0.3, 0.4) is 0 Å². The van der Waals surface area contributed by atoms with Gasteiger partial charge in [-0.3, -0.25) is 0 Å². The van der Waals surface area contributed by atoms with Crippen LogP contribution < -0.4 is 15.4 Å². The number of hydrogen-bond donors (Lipinski definition) is 3. The molecule has 1 aromatic carbocycles. The number of hydrogen-bond acceptors (Lipinski definition) is 3. The fourth-order valence-corrected chi connectivity index (χ4v) is 2.69. The first kappa shape index (κ1) is 16.6. The standard InChI is InChI=1S/C17H26N2O3/c1-14-7-2-3-8-15(14)22-12-6-11-18-16(20)19-13-17(21)9-4-5-10-17/h2-3,7-8,21H,4-6,9-13H2,1H3,(H2,18,19,20). The lowest BCUT2D eigenvalue weighted by molar-refractivity contribution is 0.0501. The summed E-state index contributed by atoms with van der Waals surface area (Å²) in [5, 5.41) is 15.7. The van der Waals surface area contributed by atoms with Gasteiger partial charge in [0, 0.05) is 13.1 Å². The lowest BCUT2D eigenvalue weighted by Gasteiger charge is -2.22.